The molecule has 0 heterocycles. The summed E-state index contributed by atoms with van der Waals surface area (Å²) in [7, 11) is 0. The van der Waals surface area contributed by atoms with E-state index in [1.54, 1.807) is 23.9 Å². The van der Waals surface area contributed by atoms with E-state index in [1.165, 1.54) is 38.2 Å². The van der Waals surface area contributed by atoms with Crippen LogP contribution in [0.3, 0.4) is 0 Å². The molecule has 4 atom stereocenters. The first kappa shape index (κ1) is 26.9. The number of benzene rings is 1. The van der Waals surface area contributed by atoms with E-state index >= 15 is 0 Å². The third-order valence-electron chi connectivity index (χ3n) is 7.29. The molecule has 3 nitrogen and oxygen atoms in total. The first-order valence-electron chi connectivity index (χ1n) is 11.8. The number of rotatable bonds is 4. The van der Waals surface area contributed by atoms with Crippen LogP contribution in [0.25, 0.3) is 0 Å². The van der Waals surface area contributed by atoms with E-state index in [-0.39, 0.29) is 11.3 Å². The normalized spacial score (nSPS) is 29.4. The maximum Gasteiger partial charge on any atom is 0.335 e. The number of aromatic hydroxyl groups is 1. The van der Waals surface area contributed by atoms with Crippen LogP contribution in [0.2, 0.25) is 0 Å². The third kappa shape index (κ3) is 5.96. The first-order chi connectivity index (χ1) is 14.1. The highest BCUT2D eigenvalue weighted by Gasteiger charge is 2.53. The Hall–Kier alpha value is -1.16. The lowest BCUT2D eigenvalue weighted by molar-refractivity contribution is -0.0850. The minimum absolute atomic E-state index is 0.0342. The van der Waals surface area contributed by atoms with Crippen molar-refractivity contribution in [1.82, 2.24) is 0 Å². The molecule has 2 saturated carbocycles. The molecule has 2 aliphatic carbocycles. The Labute approximate surface area is 189 Å². The number of fused-ring (bicyclic) bond motifs is 1. The zero-order chi connectivity index (χ0) is 23.1. The van der Waals surface area contributed by atoms with E-state index in [0.29, 0.717) is 22.7 Å². The summed E-state index contributed by atoms with van der Waals surface area (Å²) in [6.45, 7) is 17.8. The van der Waals surface area contributed by atoms with Crippen molar-refractivity contribution in [2.75, 3.05) is 5.75 Å². The van der Waals surface area contributed by atoms with Crippen molar-refractivity contribution in [3.63, 3.8) is 0 Å². The molecule has 0 radical (unpaired) electrons. The number of carboxylic acid groups (broad SMARTS) is 1. The fraction of sp³-hybridized carbons (Fsp3) is 0.731. The Morgan fingerprint density at radius 2 is 1.70 bits per heavy atom. The van der Waals surface area contributed by atoms with Crippen molar-refractivity contribution in [2.45, 2.75) is 92.4 Å². The molecule has 30 heavy (non-hydrogen) atoms. The zero-order valence-corrected chi connectivity index (χ0v) is 21.2. The van der Waals surface area contributed by atoms with Crippen LogP contribution in [-0.4, -0.2) is 21.9 Å². The van der Waals surface area contributed by atoms with Crippen molar-refractivity contribution < 1.29 is 15.0 Å². The second kappa shape index (κ2) is 11.5. The van der Waals surface area contributed by atoms with E-state index in [9.17, 15) is 15.0 Å². The maximum absolute atomic E-state index is 11.3. The number of thioether (sulfide) groups is 1. The highest BCUT2D eigenvalue weighted by Crippen LogP contribution is 2.61. The van der Waals surface area contributed by atoms with Crippen molar-refractivity contribution in [2.24, 2.45) is 28.6 Å². The summed E-state index contributed by atoms with van der Waals surface area (Å²) >= 11 is 1.71. The van der Waals surface area contributed by atoms with Crippen molar-refractivity contribution in [1.29, 1.82) is 0 Å². The summed E-state index contributed by atoms with van der Waals surface area (Å²) in [5, 5.41) is 19.1. The molecule has 1 aromatic rings. The first-order valence-corrected chi connectivity index (χ1v) is 12.8. The van der Waals surface area contributed by atoms with Crippen LogP contribution in [0.1, 0.15) is 97.9 Å². The Morgan fingerprint density at radius 1 is 1.07 bits per heavy atom. The van der Waals surface area contributed by atoms with E-state index in [0.717, 1.165) is 16.6 Å². The second-order valence-electron chi connectivity index (χ2n) is 9.39. The molecule has 2 fully saturated rings. The van der Waals surface area contributed by atoms with E-state index in [4.69, 9.17) is 0 Å². The van der Waals surface area contributed by atoms with Gasteiger partial charge in [0, 0.05) is 10.6 Å². The van der Waals surface area contributed by atoms with Crippen LogP contribution in [0.5, 0.6) is 5.75 Å². The Kier molecular flexibility index (Phi) is 10.3. The number of hydrogen-bond donors (Lipinski definition) is 2. The standard InChI is InChI=1S/C22H32O3S.2C2H6/c1-14-6-7-19-21(2,3)8-5-9-22(19,4)18(14)13-26-17-11-15(20(24)25)10-16(23)12-17;2*1-2/h10-12,14,18-19,23H,5-9,13H2,1-4H3,(H,24,25);2*1-2H3. The molecule has 0 aromatic heterocycles. The fourth-order valence-electron chi connectivity index (χ4n) is 5.94. The average molecular weight is 437 g/mol. The molecule has 2 aliphatic rings. The van der Waals surface area contributed by atoms with Crippen LogP contribution >= 0.6 is 11.8 Å². The summed E-state index contributed by atoms with van der Waals surface area (Å²) in [5.74, 6) is 2.12. The Balaban J connectivity index is 0.00000106. The number of carbonyl (C=O) groups is 1. The molecule has 2 N–H and O–H groups in total. The number of phenolic OH excluding ortho intramolecular Hbond substituents is 1. The quantitative estimate of drug-likeness (QED) is 0.468. The maximum atomic E-state index is 11.3. The van der Waals surface area contributed by atoms with Crippen molar-refractivity contribution in [3.05, 3.63) is 23.8 Å². The average Bonchev–Trinajstić information content (AvgIpc) is 2.69. The van der Waals surface area contributed by atoms with Gasteiger partial charge in [0.2, 0.25) is 0 Å². The van der Waals surface area contributed by atoms with Gasteiger partial charge in [0.25, 0.3) is 0 Å². The van der Waals surface area contributed by atoms with Gasteiger partial charge in [0.05, 0.1) is 5.56 Å². The minimum Gasteiger partial charge on any atom is -0.508 e. The molecule has 4 heteroatoms. The van der Waals surface area contributed by atoms with Gasteiger partial charge in [-0.05, 0) is 66.0 Å². The molecule has 4 unspecified atom stereocenters. The van der Waals surface area contributed by atoms with Crippen LogP contribution < -0.4 is 0 Å². The summed E-state index contributed by atoms with van der Waals surface area (Å²) in [5.41, 5.74) is 0.934. The van der Waals surface area contributed by atoms with Crippen LogP contribution in [0.15, 0.2) is 23.1 Å². The lowest BCUT2D eigenvalue weighted by Gasteiger charge is -2.59. The SMILES string of the molecule is CC.CC.CC1CCC2C(C)(C)CCCC2(C)C1CSc1cc(O)cc(C(=O)O)c1. The van der Waals surface area contributed by atoms with Crippen molar-refractivity contribution in [3.8, 4) is 5.75 Å². The molecule has 0 saturated heterocycles. The third-order valence-corrected chi connectivity index (χ3v) is 8.38. The van der Waals surface area contributed by atoms with Gasteiger partial charge in [-0.1, -0.05) is 68.2 Å². The second-order valence-corrected chi connectivity index (χ2v) is 10.5. The largest absolute Gasteiger partial charge is 0.508 e. The molecule has 0 amide bonds. The topological polar surface area (TPSA) is 57.5 Å². The fourth-order valence-corrected chi connectivity index (χ4v) is 7.44. The molecule has 172 valence electrons. The monoisotopic (exact) mass is 436 g/mol. The van der Waals surface area contributed by atoms with Gasteiger partial charge in [0.15, 0.2) is 0 Å². The number of carboxylic acids is 1. The lowest BCUT2D eigenvalue weighted by Crippen LogP contribution is -2.51. The van der Waals surface area contributed by atoms with Gasteiger partial charge in [-0.25, -0.2) is 4.79 Å². The number of phenols is 1. The molecule has 0 aliphatic heterocycles. The highest BCUT2D eigenvalue weighted by atomic mass is 32.2. The van der Waals surface area contributed by atoms with E-state index in [2.05, 4.69) is 27.7 Å². The van der Waals surface area contributed by atoms with Crippen LogP contribution in [0, 0.1) is 28.6 Å². The smallest absolute Gasteiger partial charge is 0.335 e. The zero-order valence-electron chi connectivity index (χ0n) is 20.4. The molecule has 1 aromatic carbocycles. The lowest BCUT2D eigenvalue weighted by atomic mass is 9.47. The van der Waals surface area contributed by atoms with Gasteiger partial charge >= 0.3 is 5.97 Å². The minimum atomic E-state index is -0.991. The summed E-state index contributed by atoms with van der Waals surface area (Å²) in [4.78, 5) is 12.1. The molecular weight excluding hydrogens is 392 g/mol. The molecule has 3 rings (SSSR count). The predicted octanol–water partition coefficient (Wildman–Crippen LogP) is 8.11. The van der Waals surface area contributed by atoms with Gasteiger partial charge in [-0.3, -0.25) is 0 Å². The summed E-state index contributed by atoms with van der Waals surface area (Å²) in [6, 6.07) is 4.69. The molecule has 0 spiro atoms. The van der Waals surface area contributed by atoms with Gasteiger partial charge in [0.1, 0.15) is 5.75 Å². The van der Waals surface area contributed by atoms with Gasteiger partial charge in [-0.15, -0.1) is 11.8 Å². The summed E-state index contributed by atoms with van der Waals surface area (Å²) < 4.78 is 0. The summed E-state index contributed by atoms with van der Waals surface area (Å²) in [6.07, 6.45) is 6.56. The van der Waals surface area contributed by atoms with Crippen LogP contribution in [0.4, 0.5) is 0 Å². The van der Waals surface area contributed by atoms with Gasteiger partial charge in [-0.2, -0.15) is 0 Å². The van der Waals surface area contributed by atoms with E-state index in [1.807, 2.05) is 27.7 Å². The Bertz CT molecular complexity index is 685. The van der Waals surface area contributed by atoms with Crippen LogP contribution in [-0.2, 0) is 0 Å². The molecule has 0 bridgehead atoms. The highest BCUT2D eigenvalue weighted by molar-refractivity contribution is 7.99. The number of aromatic carboxylic acids is 1. The Morgan fingerprint density at radius 3 is 2.30 bits per heavy atom. The molecular formula is C26H44O3S. The predicted molar refractivity (Wildman–Crippen MR) is 130 cm³/mol. The van der Waals surface area contributed by atoms with E-state index < -0.39 is 5.97 Å². The number of hydrogen-bond acceptors (Lipinski definition) is 3. The van der Waals surface area contributed by atoms with Crippen molar-refractivity contribution >= 4 is 17.7 Å². The van der Waals surface area contributed by atoms with Gasteiger partial charge < -0.3 is 10.2 Å².